The van der Waals surface area contributed by atoms with Crippen LogP contribution in [0.2, 0.25) is 0 Å². The summed E-state index contributed by atoms with van der Waals surface area (Å²) in [5.74, 6) is -8.10. The first-order valence-electron chi connectivity index (χ1n) is 31.1. The summed E-state index contributed by atoms with van der Waals surface area (Å²) in [4.78, 5) is 149. The molecule has 1 aliphatic rings. The average Bonchev–Trinajstić information content (AvgIpc) is 0.929. The van der Waals surface area contributed by atoms with Crippen molar-refractivity contribution in [1.82, 2.24) is 47.4 Å². The first-order chi connectivity index (χ1) is 44.6. The van der Waals surface area contributed by atoms with E-state index in [-0.39, 0.29) is 107 Å². The first kappa shape index (κ1) is 75.1. The Balaban J connectivity index is 1.15. The van der Waals surface area contributed by atoms with Gasteiger partial charge in [-0.05, 0) is 161 Å². The highest BCUT2D eigenvalue weighted by Crippen LogP contribution is 2.25. The third kappa shape index (κ3) is 25.1. The van der Waals surface area contributed by atoms with Crippen LogP contribution in [0.15, 0.2) is 100 Å². The number of anilines is 2. The van der Waals surface area contributed by atoms with Crippen molar-refractivity contribution >= 4 is 109 Å². The third-order valence-electron chi connectivity index (χ3n) is 15.1. The zero-order valence-electron chi connectivity index (χ0n) is 53.5. The van der Waals surface area contributed by atoms with Crippen LogP contribution in [0.1, 0.15) is 108 Å². The van der Waals surface area contributed by atoms with Crippen LogP contribution < -0.4 is 70.0 Å². The lowest BCUT2D eigenvalue weighted by atomic mass is 10.0. The summed E-state index contributed by atoms with van der Waals surface area (Å²) in [6.07, 6.45) is 0.932. The van der Waals surface area contributed by atoms with Crippen LogP contribution in [0.3, 0.4) is 0 Å². The number of hydrogen-bond donors (Lipinski definition) is 13. The Kier molecular flexibility index (Phi) is 29.7. The molecule has 16 N–H and O–H groups in total. The highest BCUT2D eigenvalue weighted by molar-refractivity contribution is 7.85. The predicted octanol–water partition coefficient (Wildman–Crippen LogP) is 1.56. The summed E-state index contributed by atoms with van der Waals surface area (Å²) in [6.45, 7) is 5.16. The van der Waals surface area contributed by atoms with Gasteiger partial charge in [-0.25, -0.2) is 0 Å². The SMILES string of the molecule is CC(C)C[C@H](NC(=O)CNC(=O)[C@H](CCC(N)=O)NC(=O)[C@@H]1CCCN1C(=O)CCCNC(=O)c1ccc(N=Nc2ccc(N(C)C)cc2)cc1)C(=O)N[C@@H](CCC(=O)NCCNc1ccc2cc(S(=O)(=O)O)ccc2c1)C(=O)N[C@@H](C)C(=O)N[C@@H](CCCCN)C(N)=O. The molecule has 0 spiro atoms. The molecule has 6 atom stereocenters. The molecule has 0 bridgehead atoms. The number of primary amides is 2. The quantitative estimate of drug-likeness (QED) is 0.0172. The smallest absolute Gasteiger partial charge is 0.294 e. The predicted molar refractivity (Wildman–Crippen MR) is 351 cm³/mol. The highest BCUT2D eigenvalue weighted by Gasteiger charge is 2.36. The molecule has 4 aromatic rings. The van der Waals surface area contributed by atoms with Crippen molar-refractivity contribution in [1.29, 1.82) is 0 Å². The third-order valence-corrected chi connectivity index (χ3v) is 16.0. The number of nitrogens with one attached hydrogen (secondary N) is 9. The minimum atomic E-state index is -4.40. The molecule has 4 aromatic carbocycles. The lowest BCUT2D eigenvalue weighted by Gasteiger charge is -2.27. The molecule has 1 heterocycles. The van der Waals surface area contributed by atoms with E-state index in [1.54, 1.807) is 56.3 Å². The standard InChI is InChI=1S/C63H88N16O14S/c1-38(2)34-51(62(89)74-50(61(88)71-39(3)58(85)73-48(57(66)84)10-6-7-29-64)26-28-54(81)68-32-31-67-45-19-15-42-36-47(94(91,92)93)24-16-41(42)35-45)72-55(82)37-70-60(87)49(25-27-53(65)80)75-63(90)52-11-9-33-79(52)56(83)12-8-30-69-59(86)40-13-17-43(18-14-40)76-77-44-20-22-46(23-21-44)78(4)5/h13-24,35-36,38-39,48-52,67H,6-12,25-34,37,64H2,1-5H3,(H2,65,80)(H2,66,84)(H,68,81)(H,69,86)(H,70,87)(H,71,88)(H,72,82)(H,73,85)(H,74,89)(H,75,90)(H,91,92,93)/t39-,48-,49-,50-,51-,52-/m0/s1. The summed E-state index contributed by atoms with van der Waals surface area (Å²) < 4.78 is 32.6. The van der Waals surface area contributed by atoms with Gasteiger partial charge in [0.1, 0.15) is 36.3 Å². The van der Waals surface area contributed by atoms with Gasteiger partial charge in [-0.3, -0.25) is 57.3 Å². The maximum Gasteiger partial charge on any atom is 0.294 e. The molecule has 0 radical (unpaired) electrons. The second-order valence-electron chi connectivity index (χ2n) is 23.3. The van der Waals surface area contributed by atoms with Crippen LogP contribution in [0.4, 0.5) is 22.7 Å². The van der Waals surface area contributed by atoms with Crippen molar-refractivity contribution in [3.8, 4) is 0 Å². The molecule has 1 fully saturated rings. The van der Waals surface area contributed by atoms with E-state index < -0.39 is 106 Å². The lowest BCUT2D eigenvalue weighted by molar-refractivity contribution is -0.139. The molecule has 31 heteroatoms. The van der Waals surface area contributed by atoms with Crippen LogP contribution >= 0.6 is 0 Å². The molecule has 30 nitrogen and oxygen atoms in total. The van der Waals surface area contributed by atoms with Crippen molar-refractivity contribution in [3.05, 3.63) is 90.5 Å². The van der Waals surface area contributed by atoms with Crippen molar-refractivity contribution in [2.45, 2.75) is 139 Å². The number of unbranched alkanes of at least 4 members (excludes halogenated alkanes) is 1. The Bertz CT molecular complexity index is 3460. The summed E-state index contributed by atoms with van der Waals surface area (Å²) in [7, 11) is -0.531. The van der Waals surface area contributed by atoms with Gasteiger partial charge in [0, 0.05) is 76.5 Å². The highest BCUT2D eigenvalue weighted by atomic mass is 32.2. The first-order valence-corrected chi connectivity index (χ1v) is 32.5. The number of carbonyl (C=O) groups excluding carboxylic acids is 11. The molecule has 0 unspecified atom stereocenters. The van der Waals surface area contributed by atoms with Crippen molar-refractivity contribution < 1.29 is 65.7 Å². The number of rotatable bonds is 38. The van der Waals surface area contributed by atoms with E-state index in [4.69, 9.17) is 17.2 Å². The maximum absolute atomic E-state index is 14.2. The van der Waals surface area contributed by atoms with E-state index in [1.807, 2.05) is 43.3 Å². The number of nitrogens with zero attached hydrogens (tertiary/aromatic N) is 4. The van der Waals surface area contributed by atoms with Gasteiger partial charge in [0.05, 0.1) is 22.8 Å². The average molecular weight is 1330 g/mol. The van der Waals surface area contributed by atoms with Gasteiger partial charge in [0.2, 0.25) is 59.1 Å². The largest absolute Gasteiger partial charge is 0.383 e. The Morgan fingerprint density at radius 2 is 1.26 bits per heavy atom. The Hall–Kier alpha value is -9.62. The molecule has 11 amide bonds. The second kappa shape index (κ2) is 37.2. The molecular formula is C63H88N16O14S. The van der Waals surface area contributed by atoms with E-state index in [9.17, 15) is 65.7 Å². The Morgan fingerprint density at radius 3 is 1.89 bits per heavy atom. The van der Waals surface area contributed by atoms with E-state index >= 15 is 0 Å². The molecule has 1 saturated heterocycles. The van der Waals surface area contributed by atoms with Gasteiger partial charge in [-0.1, -0.05) is 26.0 Å². The fraction of sp³-hybridized carbons (Fsp3) is 0.476. The van der Waals surface area contributed by atoms with Crippen LogP contribution in [-0.2, 0) is 58.1 Å². The number of amides is 11. The summed E-state index contributed by atoms with van der Waals surface area (Å²) in [6, 6.07) is 15.7. The molecule has 0 aliphatic carbocycles. The van der Waals surface area contributed by atoms with Crippen molar-refractivity contribution in [2.24, 2.45) is 33.3 Å². The van der Waals surface area contributed by atoms with Crippen LogP contribution in [0.25, 0.3) is 10.8 Å². The van der Waals surface area contributed by atoms with E-state index in [0.717, 1.165) is 5.69 Å². The second-order valence-corrected chi connectivity index (χ2v) is 24.8. The number of fused-ring (bicyclic) bond motifs is 1. The molecule has 94 heavy (non-hydrogen) atoms. The topological polar surface area (TPSA) is 460 Å². The molecule has 1 aliphatic heterocycles. The molecule has 0 saturated carbocycles. The van der Waals surface area contributed by atoms with E-state index in [0.29, 0.717) is 59.2 Å². The van der Waals surface area contributed by atoms with E-state index in [2.05, 4.69) is 58.1 Å². The zero-order valence-corrected chi connectivity index (χ0v) is 54.4. The lowest BCUT2D eigenvalue weighted by Crippen LogP contribution is -2.58. The fourth-order valence-electron chi connectivity index (χ4n) is 9.96. The number of carbonyl (C=O) groups is 11. The molecule has 5 rings (SSSR count). The maximum atomic E-state index is 14.2. The van der Waals surface area contributed by atoms with Gasteiger partial charge in [-0.2, -0.15) is 18.6 Å². The van der Waals surface area contributed by atoms with Crippen LogP contribution in [-0.4, -0.2) is 172 Å². The Labute approximate surface area is 546 Å². The van der Waals surface area contributed by atoms with Crippen LogP contribution in [0, 0.1) is 5.92 Å². The number of likely N-dealkylation sites (tertiary alicyclic amines) is 1. The summed E-state index contributed by atoms with van der Waals surface area (Å²) in [5.41, 5.74) is 19.7. The van der Waals surface area contributed by atoms with Gasteiger partial charge >= 0.3 is 0 Å². The molecular weight excluding hydrogens is 1240 g/mol. The van der Waals surface area contributed by atoms with Crippen LogP contribution in [0.5, 0.6) is 0 Å². The number of benzene rings is 4. The van der Waals surface area contributed by atoms with Crippen molar-refractivity contribution in [3.63, 3.8) is 0 Å². The van der Waals surface area contributed by atoms with Gasteiger partial charge < -0.3 is 74.9 Å². The molecule has 510 valence electrons. The molecule has 0 aromatic heterocycles. The summed E-state index contributed by atoms with van der Waals surface area (Å²) in [5, 5.41) is 33.6. The van der Waals surface area contributed by atoms with E-state index in [1.165, 1.54) is 30.0 Å². The monoisotopic (exact) mass is 1320 g/mol. The summed E-state index contributed by atoms with van der Waals surface area (Å²) >= 11 is 0. The number of azo groups is 1. The minimum Gasteiger partial charge on any atom is -0.383 e. The van der Waals surface area contributed by atoms with Gasteiger partial charge in [0.15, 0.2) is 0 Å². The fourth-order valence-corrected chi connectivity index (χ4v) is 10.5. The minimum absolute atomic E-state index is 0.00793. The zero-order chi connectivity index (χ0) is 69.1. The van der Waals surface area contributed by atoms with Gasteiger partial charge in [0.25, 0.3) is 16.0 Å². The van der Waals surface area contributed by atoms with Gasteiger partial charge in [-0.15, -0.1) is 0 Å². The van der Waals surface area contributed by atoms with Crippen molar-refractivity contribution in [2.75, 3.05) is 63.6 Å². The normalized spacial score (nSPS) is 14.6. The number of hydrogen-bond acceptors (Lipinski definition) is 18. The Morgan fingerprint density at radius 1 is 0.628 bits per heavy atom. The number of nitrogens with two attached hydrogens (primary N) is 3.